The number of hydrogen-bond acceptors (Lipinski definition) is 6. The lowest BCUT2D eigenvalue weighted by molar-refractivity contribution is -0.137. The molecule has 0 amide bonds. The molecule has 3 aromatic rings. The molecule has 2 unspecified atom stereocenters. The molecule has 0 aliphatic carbocycles. The fraction of sp³-hybridized carbons (Fsp3) is 0.409. The number of carboxylic acid groups (broad SMARTS) is 1. The molecule has 2 fully saturated rings. The first kappa shape index (κ1) is 18.5. The van der Waals surface area contributed by atoms with Crippen LogP contribution in [0, 0.1) is 11.3 Å². The van der Waals surface area contributed by atoms with Gasteiger partial charge in [0, 0.05) is 67.2 Å². The Hall–Kier alpha value is -2.51. The van der Waals surface area contributed by atoms with E-state index in [1.165, 1.54) is 15.6 Å². The van der Waals surface area contributed by atoms with E-state index in [0.717, 1.165) is 38.5 Å². The third-order valence-electron chi connectivity index (χ3n) is 6.49. The molecule has 150 valence electrons. The molecule has 0 saturated carbocycles. The van der Waals surface area contributed by atoms with Gasteiger partial charge < -0.3 is 10.0 Å². The smallest absolute Gasteiger partial charge is 0.303 e. The van der Waals surface area contributed by atoms with E-state index in [2.05, 4.69) is 44.5 Å². The van der Waals surface area contributed by atoms with Crippen LogP contribution in [0.15, 0.2) is 48.8 Å². The average Bonchev–Trinajstić information content (AvgIpc) is 3.41. The van der Waals surface area contributed by atoms with Crippen LogP contribution < -0.4 is 4.90 Å². The van der Waals surface area contributed by atoms with Gasteiger partial charge in [0.1, 0.15) is 5.82 Å². The van der Waals surface area contributed by atoms with Crippen LogP contribution in [0.4, 0.5) is 5.82 Å². The van der Waals surface area contributed by atoms with Crippen molar-refractivity contribution in [2.45, 2.75) is 19.4 Å². The molecular weight excluding hydrogens is 384 g/mol. The molecule has 29 heavy (non-hydrogen) atoms. The van der Waals surface area contributed by atoms with Gasteiger partial charge >= 0.3 is 5.97 Å². The molecule has 0 bridgehead atoms. The molecule has 2 aromatic heterocycles. The van der Waals surface area contributed by atoms with Gasteiger partial charge in [0.25, 0.3) is 0 Å². The van der Waals surface area contributed by atoms with Crippen molar-refractivity contribution in [3.63, 3.8) is 0 Å². The van der Waals surface area contributed by atoms with E-state index in [4.69, 9.17) is 4.98 Å². The third-order valence-corrected chi connectivity index (χ3v) is 7.22. The number of aromatic nitrogens is 2. The molecular formula is C22H24N4O2S. The number of nitrogens with zero attached hydrogens (tertiary/aromatic N) is 4. The van der Waals surface area contributed by atoms with Gasteiger partial charge in [-0.15, -0.1) is 0 Å². The molecule has 2 saturated heterocycles. The molecule has 1 N–H and O–H groups in total. The van der Waals surface area contributed by atoms with E-state index in [0.29, 0.717) is 12.3 Å². The number of benzene rings is 1. The van der Waals surface area contributed by atoms with Gasteiger partial charge in [-0.3, -0.25) is 9.69 Å². The fourth-order valence-electron chi connectivity index (χ4n) is 5.19. The van der Waals surface area contributed by atoms with Crippen molar-refractivity contribution in [1.82, 2.24) is 14.3 Å². The summed E-state index contributed by atoms with van der Waals surface area (Å²) < 4.78 is 4.21. The van der Waals surface area contributed by atoms with Crippen molar-refractivity contribution in [3.05, 3.63) is 53.7 Å². The predicted octanol–water partition coefficient (Wildman–Crippen LogP) is 3.49. The van der Waals surface area contributed by atoms with Crippen LogP contribution in [0.5, 0.6) is 0 Å². The van der Waals surface area contributed by atoms with Crippen LogP contribution in [-0.4, -0.2) is 51.5 Å². The van der Waals surface area contributed by atoms with E-state index in [1.807, 2.05) is 18.5 Å². The summed E-state index contributed by atoms with van der Waals surface area (Å²) in [5.41, 5.74) is 0.00169. The Kier molecular flexibility index (Phi) is 4.72. The minimum Gasteiger partial charge on any atom is -0.481 e. The molecule has 1 aromatic carbocycles. The maximum atomic E-state index is 11.4. The summed E-state index contributed by atoms with van der Waals surface area (Å²) in [4.78, 5) is 22.2. The second-order valence-electron chi connectivity index (χ2n) is 8.34. The number of anilines is 1. The first-order chi connectivity index (χ1) is 14.1. The number of carbonyl (C=O) groups is 1. The zero-order valence-electron chi connectivity index (χ0n) is 16.2. The zero-order chi connectivity index (χ0) is 19.8. The van der Waals surface area contributed by atoms with Gasteiger partial charge in [-0.25, -0.2) is 9.36 Å². The highest BCUT2D eigenvalue weighted by molar-refractivity contribution is 7.05. The predicted molar refractivity (Wildman–Crippen MR) is 114 cm³/mol. The maximum Gasteiger partial charge on any atom is 0.303 e. The number of fused-ring (bicyclic) bond motifs is 2. The van der Waals surface area contributed by atoms with Crippen LogP contribution >= 0.6 is 11.5 Å². The Balaban J connectivity index is 1.41. The maximum absolute atomic E-state index is 11.4. The first-order valence-electron chi connectivity index (χ1n) is 10.1. The SMILES string of the molecule is O=C(O)CCC12CN(Cc3ccns3)CC1CN(c1nccc3ccccc13)C2. The van der Waals surface area contributed by atoms with Gasteiger partial charge in [0.05, 0.1) is 0 Å². The average molecular weight is 409 g/mol. The van der Waals surface area contributed by atoms with E-state index < -0.39 is 5.97 Å². The summed E-state index contributed by atoms with van der Waals surface area (Å²) >= 11 is 1.55. The van der Waals surface area contributed by atoms with Gasteiger partial charge in [0.2, 0.25) is 0 Å². The highest BCUT2D eigenvalue weighted by atomic mass is 32.1. The molecule has 6 nitrogen and oxygen atoms in total. The highest BCUT2D eigenvalue weighted by Gasteiger charge is 2.52. The molecule has 5 rings (SSSR count). The van der Waals surface area contributed by atoms with Crippen molar-refractivity contribution < 1.29 is 9.90 Å². The van der Waals surface area contributed by atoms with Crippen molar-refractivity contribution in [2.75, 3.05) is 31.1 Å². The summed E-state index contributed by atoms with van der Waals surface area (Å²) in [5, 5.41) is 11.7. The Morgan fingerprint density at radius 3 is 2.90 bits per heavy atom. The largest absolute Gasteiger partial charge is 0.481 e. The number of rotatable bonds is 6. The number of hydrogen-bond donors (Lipinski definition) is 1. The molecule has 4 heterocycles. The van der Waals surface area contributed by atoms with E-state index in [1.54, 1.807) is 11.5 Å². The zero-order valence-corrected chi connectivity index (χ0v) is 17.0. The number of carboxylic acids is 1. The summed E-state index contributed by atoms with van der Waals surface area (Å²) in [6.07, 6.45) is 4.67. The number of pyridine rings is 1. The van der Waals surface area contributed by atoms with Crippen LogP contribution in [0.3, 0.4) is 0 Å². The van der Waals surface area contributed by atoms with E-state index in [-0.39, 0.29) is 11.8 Å². The quantitative estimate of drug-likeness (QED) is 0.673. The molecule has 2 aliphatic rings. The third kappa shape index (κ3) is 3.49. The van der Waals surface area contributed by atoms with Gasteiger partial charge in [-0.05, 0) is 41.4 Å². The molecule has 0 radical (unpaired) electrons. The van der Waals surface area contributed by atoms with Crippen LogP contribution in [-0.2, 0) is 11.3 Å². The Bertz CT molecular complexity index is 1020. The van der Waals surface area contributed by atoms with E-state index >= 15 is 0 Å². The van der Waals surface area contributed by atoms with Gasteiger partial charge in [-0.2, -0.15) is 0 Å². The topological polar surface area (TPSA) is 69.6 Å². The molecule has 0 spiro atoms. The van der Waals surface area contributed by atoms with E-state index in [9.17, 15) is 9.90 Å². The number of aliphatic carboxylic acids is 1. The fourth-order valence-corrected chi connectivity index (χ4v) is 5.80. The van der Waals surface area contributed by atoms with Crippen LogP contribution in [0.1, 0.15) is 17.7 Å². The molecule has 2 atom stereocenters. The van der Waals surface area contributed by atoms with Crippen molar-refractivity contribution in [1.29, 1.82) is 0 Å². The molecule has 2 aliphatic heterocycles. The minimum absolute atomic E-state index is 0.00169. The van der Waals surface area contributed by atoms with Gasteiger partial charge in [0.15, 0.2) is 0 Å². The summed E-state index contributed by atoms with van der Waals surface area (Å²) in [6.45, 7) is 4.64. The number of likely N-dealkylation sites (tertiary alicyclic amines) is 1. The summed E-state index contributed by atoms with van der Waals surface area (Å²) in [7, 11) is 0. The van der Waals surface area contributed by atoms with Gasteiger partial charge in [-0.1, -0.05) is 24.3 Å². The highest BCUT2D eigenvalue weighted by Crippen LogP contribution is 2.48. The lowest BCUT2D eigenvalue weighted by atomic mass is 9.77. The Morgan fingerprint density at radius 2 is 2.07 bits per heavy atom. The van der Waals surface area contributed by atoms with Crippen molar-refractivity contribution in [2.24, 2.45) is 11.3 Å². The summed E-state index contributed by atoms with van der Waals surface area (Å²) in [5.74, 6) is 0.775. The Labute approximate surface area is 174 Å². The van der Waals surface area contributed by atoms with Crippen molar-refractivity contribution >= 4 is 34.1 Å². The second kappa shape index (κ2) is 7.39. The van der Waals surface area contributed by atoms with Crippen LogP contribution in [0.2, 0.25) is 0 Å². The lowest BCUT2D eigenvalue weighted by Gasteiger charge is -2.29. The van der Waals surface area contributed by atoms with Crippen molar-refractivity contribution in [3.8, 4) is 0 Å². The minimum atomic E-state index is -0.708. The normalized spacial score (nSPS) is 24.3. The van der Waals surface area contributed by atoms with Crippen LogP contribution in [0.25, 0.3) is 10.8 Å². The lowest BCUT2D eigenvalue weighted by Crippen LogP contribution is -2.35. The summed E-state index contributed by atoms with van der Waals surface area (Å²) in [6, 6.07) is 12.5. The monoisotopic (exact) mass is 408 g/mol. The Morgan fingerprint density at radius 1 is 1.17 bits per heavy atom. The molecule has 7 heteroatoms. The first-order valence-corrected chi connectivity index (χ1v) is 10.8. The second-order valence-corrected chi connectivity index (χ2v) is 9.26. The standard InChI is InChI=1S/C22H24N4O2S/c27-20(28)5-8-22-14-25(13-18-7-10-24-29-18)11-17(22)12-26(15-22)21-19-4-2-1-3-16(19)6-9-23-21/h1-4,6-7,9-10,17H,5,8,11-15H2,(H,27,28).